The van der Waals surface area contributed by atoms with E-state index in [0.717, 1.165) is 51.4 Å². The Kier molecular flexibility index (Phi) is 7.41. The van der Waals surface area contributed by atoms with Gasteiger partial charge in [0.15, 0.2) is 5.82 Å². The highest BCUT2D eigenvalue weighted by atomic mass is 16.5. The molecule has 0 N–H and O–H groups in total. The third-order valence-electron chi connectivity index (χ3n) is 6.83. The Bertz CT molecular complexity index is 612. The zero-order valence-electron chi connectivity index (χ0n) is 17.8. The van der Waals surface area contributed by atoms with Crippen molar-refractivity contribution in [3.05, 3.63) is 23.8 Å². The van der Waals surface area contributed by atoms with E-state index in [-0.39, 0.29) is 5.92 Å². The summed E-state index contributed by atoms with van der Waals surface area (Å²) in [5, 5.41) is 0. The number of carbonyl (C=O) groups is 1. The summed E-state index contributed by atoms with van der Waals surface area (Å²) >= 11 is 0. The molecule has 2 aliphatic rings. The Balaban J connectivity index is 1.46. The van der Waals surface area contributed by atoms with Crippen molar-refractivity contribution in [1.29, 1.82) is 0 Å². The van der Waals surface area contributed by atoms with Crippen molar-refractivity contribution in [2.24, 2.45) is 11.3 Å². The molecule has 0 unspecified atom stereocenters. The van der Waals surface area contributed by atoms with E-state index in [9.17, 15) is 4.79 Å². The minimum Gasteiger partial charge on any atom is -0.377 e. The number of rotatable bonds is 7. The number of carbonyl (C=O) groups excluding carboxylic acids is 1. The molecule has 6 nitrogen and oxygen atoms in total. The summed E-state index contributed by atoms with van der Waals surface area (Å²) in [7, 11) is 1.66. The van der Waals surface area contributed by atoms with Crippen molar-refractivity contribution >= 4 is 5.91 Å². The van der Waals surface area contributed by atoms with E-state index >= 15 is 0 Å². The van der Waals surface area contributed by atoms with Gasteiger partial charge in [-0.3, -0.25) is 9.69 Å². The highest BCUT2D eigenvalue weighted by Gasteiger charge is 2.39. The van der Waals surface area contributed by atoms with E-state index < -0.39 is 0 Å². The van der Waals surface area contributed by atoms with E-state index in [4.69, 9.17) is 4.74 Å². The minimum absolute atomic E-state index is 0.216. The lowest BCUT2D eigenvalue weighted by Gasteiger charge is -2.47. The molecule has 0 radical (unpaired) electrons. The predicted octanol–water partition coefficient (Wildman–Crippen LogP) is 3.26. The van der Waals surface area contributed by atoms with Crippen molar-refractivity contribution < 1.29 is 9.53 Å². The molecule has 1 aromatic heterocycles. The third kappa shape index (κ3) is 5.09. The Morgan fingerprint density at radius 2 is 1.64 bits per heavy atom. The predicted molar refractivity (Wildman–Crippen MR) is 110 cm³/mol. The zero-order chi connectivity index (χ0) is 20.0. The lowest BCUT2D eigenvalue weighted by molar-refractivity contribution is -0.138. The number of nitrogens with zero attached hydrogens (tertiary/aromatic N) is 4. The van der Waals surface area contributed by atoms with Crippen LogP contribution in [-0.2, 0) is 22.7 Å². The minimum atomic E-state index is 0.216. The van der Waals surface area contributed by atoms with Crippen LogP contribution < -0.4 is 0 Å². The first-order valence-corrected chi connectivity index (χ1v) is 10.9. The van der Waals surface area contributed by atoms with E-state index in [1.807, 2.05) is 12.4 Å². The first-order chi connectivity index (χ1) is 13.6. The molecule has 1 spiro atoms. The van der Waals surface area contributed by atoms with E-state index in [2.05, 4.69) is 33.6 Å². The number of piperidine rings is 2. The van der Waals surface area contributed by atoms with Crippen molar-refractivity contribution in [3.8, 4) is 0 Å². The normalized spacial score (nSPS) is 20.1. The topological polar surface area (TPSA) is 58.6 Å². The molecule has 2 aliphatic heterocycles. The van der Waals surface area contributed by atoms with Gasteiger partial charge in [-0.15, -0.1) is 0 Å². The SMILES string of the molecule is CCC(CC)C(=O)N1CCC2(CCN(Cc3cnc(COC)nc3)CC2)CC1. The van der Waals surface area contributed by atoms with Gasteiger partial charge < -0.3 is 9.64 Å². The van der Waals surface area contributed by atoms with Gasteiger partial charge in [0.1, 0.15) is 6.61 Å². The molecule has 0 bridgehead atoms. The molecule has 1 amide bonds. The summed E-state index contributed by atoms with van der Waals surface area (Å²) in [6.07, 6.45) is 10.6. The van der Waals surface area contributed by atoms with Gasteiger partial charge in [0.2, 0.25) is 5.91 Å². The summed E-state index contributed by atoms with van der Waals surface area (Å²) in [5.74, 6) is 1.33. The molecule has 0 saturated carbocycles. The molecule has 1 aromatic rings. The number of ether oxygens (including phenoxy) is 1. The van der Waals surface area contributed by atoms with Crippen LogP contribution in [0, 0.1) is 11.3 Å². The lowest BCUT2D eigenvalue weighted by atomic mass is 9.71. The Morgan fingerprint density at radius 1 is 1.07 bits per heavy atom. The molecule has 0 aliphatic carbocycles. The van der Waals surface area contributed by atoms with Crippen LogP contribution in [0.5, 0.6) is 0 Å². The zero-order valence-corrected chi connectivity index (χ0v) is 17.8. The Hall–Kier alpha value is -1.53. The van der Waals surface area contributed by atoms with Crippen LogP contribution in [0.25, 0.3) is 0 Å². The van der Waals surface area contributed by atoms with Crippen LogP contribution in [0.1, 0.15) is 63.8 Å². The smallest absolute Gasteiger partial charge is 0.225 e. The van der Waals surface area contributed by atoms with Crippen LogP contribution in [0.3, 0.4) is 0 Å². The molecule has 0 aromatic carbocycles. The number of hydrogen-bond donors (Lipinski definition) is 0. The quantitative estimate of drug-likeness (QED) is 0.717. The molecule has 2 saturated heterocycles. The van der Waals surface area contributed by atoms with E-state index in [1.54, 1.807) is 7.11 Å². The van der Waals surface area contributed by atoms with Crippen LogP contribution in [0.2, 0.25) is 0 Å². The molecule has 0 atom stereocenters. The first kappa shape index (κ1) is 21.2. The van der Waals surface area contributed by atoms with Gasteiger partial charge in [0, 0.05) is 50.6 Å². The van der Waals surface area contributed by atoms with Gasteiger partial charge in [-0.25, -0.2) is 9.97 Å². The number of hydrogen-bond acceptors (Lipinski definition) is 5. The van der Waals surface area contributed by atoms with Crippen molar-refractivity contribution in [2.45, 2.75) is 65.5 Å². The monoisotopic (exact) mass is 388 g/mol. The molecule has 3 heterocycles. The number of methoxy groups -OCH3 is 1. The van der Waals surface area contributed by atoms with Gasteiger partial charge in [-0.1, -0.05) is 13.8 Å². The second-order valence-corrected chi connectivity index (χ2v) is 8.56. The Labute approximate surface area is 169 Å². The number of likely N-dealkylation sites (tertiary alicyclic amines) is 2. The highest BCUT2D eigenvalue weighted by Crippen LogP contribution is 2.41. The van der Waals surface area contributed by atoms with Gasteiger partial charge in [0.25, 0.3) is 0 Å². The fourth-order valence-corrected chi connectivity index (χ4v) is 4.71. The lowest BCUT2D eigenvalue weighted by Crippen LogP contribution is -2.49. The van der Waals surface area contributed by atoms with Gasteiger partial charge in [-0.05, 0) is 57.0 Å². The average Bonchev–Trinajstić information content (AvgIpc) is 2.73. The second kappa shape index (κ2) is 9.79. The van der Waals surface area contributed by atoms with E-state index in [1.165, 1.54) is 31.2 Å². The van der Waals surface area contributed by atoms with Crippen LogP contribution in [-0.4, -0.2) is 59.0 Å². The molecule has 6 heteroatoms. The van der Waals surface area contributed by atoms with Crippen molar-refractivity contribution in [1.82, 2.24) is 19.8 Å². The van der Waals surface area contributed by atoms with Gasteiger partial charge in [-0.2, -0.15) is 0 Å². The van der Waals surface area contributed by atoms with Crippen LogP contribution in [0.4, 0.5) is 0 Å². The molecule has 3 rings (SSSR count). The van der Waals surface area contributed by atoms with Crippen molar-refractivity contribution in [3.63, 3.8) is 0 Å². The van der Waals surface area contributed by atoms with Crippen LogP contribution >= 0.6 is 0 Å². The maximum absolute atomic E-state index is 12.6. The first-order valence-electron chi connectivity index (χ1n) is 10.9. The van der Waals surface area contributed by atoms with Gasteiger partial charge in [0.05, 0.1) is 0 Å². The molecular weight excluding hydrogens is 352 g/mol. The summed E-state index contributed by atoms with van der Waals surface area (Å²) < 4.78 is 5.07. The standard InChI is InChI=1S/C22H36N4O2/c1-4-19(5-2)21(27)26-12-8-22(9-13-26)6-10-25(11-7-22)16-18-14-23-20(17-28-3)24-15-18/h14-15,19H,4-13,16-17H2,1-3H3. The summed E-state index contributed by atoms with van der Waals surface area (Å²) in [6, 6.07) is 0. The fraction of sp³-hybridized carbons (Fsp3) is 0.773. The molecule has 2 fully saturated rings. The maximum Gasteiger partial charge on any atom is 0.225 e. The maximum atomic E-state index is 12.6. The largest absolute Gasteiger partial charge is 0.377 e. The summed E-state index contributed by atoms with van der Waals surface area (Å²) in [4.78, 5) is 26.0. The number of amides is 1. The fourth-order valence-electron chi connectivity index (χ4n) is 4.71. The van der Waals surface area contributed by atoms with E-state index in [0.29, 0.717) is 17.9 Å². The Morgan fingerprint density at radius 3 is 2.18 bits per heavy atom. The average molecular weight is 389 g/mol. The van der Waals surface area contributed by atoms with Crippen LogP contribution in [0.15, 0.2) is 12.4 Å². The highest BCUT2D eigenvalue weighted by molar-refractivity contribution is 5.78. The third-order valence-corrected chi connectivity index (χ3v) is 6.83. The number of aromatic nitrogens is 2. The molecule has 156 valence electrons. The molecular formula is C22H36N4O2. The second-order valence-electron chi connectivity index (χ2n) is 8.56. The summed E-state index contributed by atoms with van der Waals surface area (Å²) in [6.45, 7) is 9.79. The summed E-state index contributed by atoms with van der Waals surface area (Å²) in [5.41, 5.74) is 1.61. The van der Waals surface area contributed by atoms with Crippen molar-refractivity contribution in [2.75, 3.05) is 33.3 Å². The van der Waals surface area contributed by atoms with Gasteiger partial charge >= 0.3 is 0 Å². The molecule has 28 heavy (non-hydrogen) atoms.